The Morgan fingerprint density at radius 3 is 2.63 bits per heavy atom. The maximum absolute atomic E-state index is 15.3. The lowest BCUT2D eigenvalue weighted by Crippen LogP contribution is -2.28. The zero-order valence-corrected chi connectivity index (χ0v) is 21.9. The lowest BCUT2D eigenvalue weighted by atomic mass is 10.0. The molecule has 1 unspecified atom stereocenters. The minimum absolute atomic E-state index is 0.00992. The SMILES string of the molecule is CCc1ccc(F)c(C(Nc2ccc3c(N)nccc3c2)c2nc(-c3ccccc3OC(=O)C(F)(F)F)nn2C)c1. The van der Waals surface area contributed by atoms with Gasteiger partial charge in [0.05, 0.1) is 5.56 Å². The first kappa shape index (κ1) is 27.6. The number of anilines is 2. The van der Waals surface area contributed by atoms with E-state index in [9.17, 15) is 18.0 Å². The second-order valence-electron chi connectivity index (χ2n) is 9.22. The van der Waals surface area contributed by atoms with E-state index in [-0.39, 0.29) is 28.5 Å². The molecule has 0 bridgehead atoms. The van der Waals surface area contributed by atoms with Gasteiger partial charge >= 0.3 is 12.1 Å². The maximum Gasteiger partial charge on any atom is 0.491 e. The zero-order chi connectivity index (χ0) is 29.3. The van der Waals surface area contributed by atoms with Gasteiger partial charge in [0, 0.05) is 29.9 Å². The smallest absolute Gasteiger partial charge is 0.419 e. The van der Waals surface area contributed by atoms with Gasteiger partial charge in [0.25, 0.3) is 0 Å². The number of carbonyl (C=O) groups excluding carboxylic acids is 1. The number of nitrogens with zero attached hydrogens (tertiary/aromatic N) is 4. The van der Waals surface area contributed by atoms with Gasteiger partial charge in [-0.25, -0.2) is 19.2 Å². The summed E-state index contributed by atoms with van der Waals surface area (Å²) in [5.74, 6) is -2.60. The van der Waals surface area contributed by atoms with Gasteiger partial charge in [-0.2, -0.15) is 18.3 Å². The number of esters is 1. The number of nitrogens with two attached hydrogens (primary N) is 1. The summed E-state index contributed by atoms with van der Waals surface area (Å²) in [4.78, 5) is 20.2. The highest BCUT2D eigenvalue weighted by Gasteiger charge is 2.42. The molecule has 5 aromatic rings. The van der Waals surface area contributed by atoms with E-state index in [0.29, 0.717) is 17.9 Å². The Balaban J connectivity index is 1.60. The fourth-order valence-corrected chi connectivity index (χ4v) is 4.43. The minimum atomic E-state index is -5.19. The molecule has 3 aromatic carbocycles. The summed E-state index contributed by atoms with van der Waals surface area (Å²) in [5.41, 5.74) is 7.85. The molecule has 41 heavy (non-hydrogen) atoms. The van der Waals surface area contributed by atoms with Crippen LogP contribution in [0.5, 0.6) is 5.75 Å². The van der Waals surface area contributed by atoms with Gasteiger partial charge < -0.3 is 15.8 Å². The number of alkyl halides is 3. The molecule has 0 spiro atoms. The van der Waals surface area contributed by atoms with Crippen molar-refractivity contribution in [2.75, 3.05) is 11.1 Å². The summed E-state index contributed by atoms with van der Waals surface area (Å²) < 4.78 is 60.0. The number of para-hydroxylation sites is 1. The number of aryl methyl sites for hydroxylation is 2. The molecular weight excluding hydrogens is 540 g/mol. The topological polar surface area (TPSA) is 108 Å². The van der Waals surface area contributed by atoms with E-state index in [4.69, 9.17) is 5.73 Å². The largest absolute Gasteiger partial charge is 0.491 e. The Morgan fingerprint density at radius 2 is 1.88 bits per heavy atom. The molecule has 0 aliphatic rings. The number of aromatic nitrogens is 4. The molecule has 0 fully saturated rings. The van der Waals surface area contributed by atoms with E-state index in [0.717, 1.165) is 16.3 Å². The Hall–Kier alpha value is -5.00. The molecule has 0 radical (unpaired) electrons. The molecule has 0 aliphatic heterocycles. The molecule has 1 atom stereocenters. The fraction of sp³-hybridized carbons (Fsp3) is 0.172. The molecule has 0 aliphatic carbocycles. The van der Waals surface area contributed by atoms with Crippen molar-refractivity contribution in [1.82, 2.24) is 19.7 Å². The Bertz CT molecular complexity index is 1750. The van der Waals surface area contributed by atoms with Crippen molar-refractivity contribution >= 4 is 28.2 Å². The van der Waals surface area contributed by atoms with Crippen molar-refractivity contribution in [2.24, 2.45) is 7.05 Å². The summed E-state index contributed by atoms with van der Waals surface area (Å²) in [5, 5.41) is 9.27. The third kappa shape index (κ3) is 5.67. The van der Waals surface area contributed by atoms with Gasteiger partial charge in [0.15, 0.2) is 11.6 Å². The number of ether oxygens (including phenoxy) is 1. The summed E-state index contributed by atoms with van der Waals surface area (Å²) in [6.07, 6.45) is -2.95. The van der Waals surface area contributed by atoms with Crippen molar-refractivity contribution in [3.8, 4) is 17.1 Å². The van der Waals surface area contributed by atoms with Gasteiger partial charge in [-0.05, 0) is 59.8 Å². The molecule has 2 aromatic heterocycles. The second-order valence-corrected chi connectivity index (χ2v) is 9.22. The van der Waals surface area contributed by atoms with Gasteiger partial charge in [0.2, 0.25) is 0 Å². The van der Waals surface area contributed by atoms with Crippen LogP contribution < -0.4 is 15.8 Å². The summed E-state index contributed by atoms with van der Waals surface area (Å²) in [6, 6.07) is 16.7. The number of hydrogen-bond acceptors (Lipinski definition) is 7. The molecule has 5 rings (SSSR count). The Kier molecular flexibility index (Phi) is 7.31. The number of benzene rings is 3. The van der Waals surface area contributed by atoms with E-state index in [1.54, 1.807) is 49.6 Å². The first-order valence-corrected chi connectivity index (χ1v) is 12.5. The quantitative estimate of drug-likeness (QED) is 0.142. The Morgan fingerprint density at radius 1 is 1.10 bits per heavy atom. The number of hydrogen-bond donors (Lipinski definition) is 2. The lowest BCUT2D eigenvalue weighted by Gasteiger charge is -2.21. The van der Waals surface area contributed by atoms with Gasteiger partial charge in [-0.1, -0.05) is 31.2 Å². The average molecular weight is 565 g/mol. The molecule has 2 heterocycles. The molecular formula is C29H24F4N6O2. The highest BCUT2D eigenvalue weighted by Crippen LogP contribution is 2.34. The summed E-state index contributed by atoms with van der Waals surface area (Å²) >= 11 is 0. The fourth-order valence-electron chi connectivity index (χ4n) is 4.43. The zero-order valence-electron chi connectivity index (χ0n) is 21.9. The van der Waals surface area contributed by atoms with Crippen molar-refractivity contribution in [2.45, 2.75) is 25.6 Å². The monoisotopic (exact) mass is 564 g/mol. The molecule has 8 nitrogen and oxygen atoms in total. The number of nitrogen functional groups attached to an aromatic ring is 1. The van der Waals surface area contributed by atoms with Crippen LogP contribution >= 0.6 is 0 Å². The van der Waals surface area contributed by atoms with Crippen LogP contribution in [0.25, 0.3) is 22.2 Å². The summed E-state index contributed by atoms with van der Waals surface area (Å²) in [7, 11) is 1.58. The number of rotatable bonds is 7. The van der Waals surface area contributed by atoms with Crippen molar-refractivity contribution in [1.29, 1.82) is 0 Å². The maximum atomic E-state index is 15.3. The van der Waals surface area contributed by atoms with Crippen LogP contribution in [0.3, 0.4) is 0 Å². The standard InChI is InChI=1S/C29H24F4N6O2/c1-3-16-8-11-22(30)21(14-16)24(36-18-9-10-19-17(15-18)12-13-35-25(19)34)27-37-26(38-39(27)2)20-6-4-5-7-23(20)41-28(40)29(31,32)33/h4-15,24,36H,3H2,1-2H3,(H2,34,35). The highest BCUT2D eigenvalue weighted by atomic mass is 19.4. The third-order valence-corrected chi connectivity index (χ3v) is 6.50. The van der Waals surface area contributed by atoms with Crippen LogP contribution in [0.2, 0.25) is 0 Å². The highest BCUT2D eigenvalue weighted by molar-refractivity contribution is 5.93. The van der Waals surface area contributed by atoms with E-state index in [1.165, 1.54) is 28.9 Å². The van der Waals surface area contributed by atoms with Gasteiger partial charge in [-0.3, -0.25) is 4.68 Å². The number of nitrogens with one attached hydrogen (secondary N) is 1. The predicted octanol–water partition coefficient (Wildman–Crippen LogP) is 5.98. The average Bonchev–Trinajstić information content (AvgIpc) is 3.33. The van der Waals surface area contributed by atoms with E-state index < -0.39 is 24.0 Å². The number of pyridine rings is 1. The van der Waals surface area contributed by atoms with E-state index in [1.807, 2.05) is 13.0 Å². The number of fused-ring (bicyclic) bond motifs is 1. The normalized spacial score (nSPS) is 12.3. The first-order chi connectivity index (χ1) is 19.5. The van der Waals surface area contributed by atoms with Crippen molar-refractivity contribution < 1.29 is 27.1 Å². The van der Waals surface area contributed by atoms with Crippen LogP contribution in [0, 0.1) is 5.82 Å². The predicted molar refractivity (Wildman–Crippen MR) is 146 cm³/mol. The van der Waals surface area contributed by atoms with Gasteiger partial charge in [-0.15, -0.1) is 0 Å². The van der Waals surface area contributed by atoms with Crippen LogP contribution in [-0.4, -0.2) is 31.9 Å². The van der Waals surface area contributed by atoms with Crippen molar-refractivity contribution in [3.63, 3.8) is 0 Å². The first-order valence-electron chi connectivity index (χ1n) is 12.5. The Labute approximate surface area is 231 Å². The molecule has 12 heteroatoms. The van der Waals surface area contributed by atoms with Crippen LogP contribution in [-0.2, 0) is 18.3 Å². The second kappa shape index (κ2) is 10.9. The van der Waals surface area contributed by atoms with Crippen LogP contribution in [0.15, 0.2) is 72.9 Å². The summed E-state index contributed by atoms with van der Waals surface area (Å²) in [6.45, 7) is 1.95. The molecule has 0 amide bonds. The minimum Gasteiger partial charge on any atom is -0.419 e. The number of carbonyl (C=O) groups is 1. The molecule has 3 N–H and O–H groups in total. The third-order valence-electron chi connectivity index (χ3n) is 6.50. The van der Waals surface area contributed by atoms with E-state index >= 15 is 4.39 Å². The van der Waals surface area contributed by atoms with Gasteiger partial charge in [0.1, 0.15) is 23.4 Å². The lowest BCUT2D eigenvalue weighted by molar-refractivity contribution is -0.189. The van der Waals surface area contributed by atoms with Crippen LogP contribution in [0.1, 0.15) is 29.9 Å². The van der Waals surface area contributed by atoms with E-state index in [2.05, 4.69) is 25.1 Å². The molecule has 210 valence electrons. The molecule has 0 saturated heterocycles. The molecule has 0 saturated carbocycles. The van der Waals surface area contributed by atoms with Crippen molar-refractivity contribution in [3.05, 3.63) is 95.7 Å². The van der Waals surface area contributed by atoms with Crippen LogP contribution in [0.4, 0.5) is 29.1 Å². The number of halogens is 4.